The summed E-state index contributed by atoms with van der Waals surface area (Å²) in [7, 11) is 0. The van der Waals surface area contributed by atoms with E-state index in [1.165, 1.54) is 0 Å². The highest BCUT2D eigenvalue weighted by Gasteiger charge is 2.06. The van der Waals surface area contributed by atoms with Gasteiger partial charge in [-0.25, -0.2) is 0 Å². The van der Waals surface area contributed by atoms with Gasteiger partial charge in [-0.05, 0) is 11.7 Å². The normalized spacial score (nSPS) is 14.3. The summed E-state index contributed by atoms with van der Waals surface area (Å²) in [6.45, 7) is 6.19. The molecule has 1 unspecified atom stereocenters. The summed E-state index contributed by atoms with van der Waals surface area (Å²) in [5, 5.41) is 9.24. The molecule has 9 heavy (non-hydrogen) atoms. The summed E-state index contributed by atoms with van der Waals surface area (Å²) in [6, 6.07) is 0. The third-order valence-corrected chi connectivity index (χ3v) is 2.25. The molecular formula is C7H16OS. The predicted octanol–water partition coefficient (Wildman–Crippen LogP) is 1.76. The molecule has 0 aliphatic carbocycles. The first-order chi connectivity index (χ1) is 4.18. The molecule has 0 aromatic rings. The Hall–Kier alpha value is 0.310. The van der Waals surface area contributed by atoms with Gasteiger partial charge in [0.25, 0.3) is 0 Å². The second kappa shape index (κ2) is 5.12. The first-order valence-corrected chi connectivity index (χ1v) is 4.59. The molecule has 0 saturated heterocycles. The van der Waals surface area contributed by atoms with E-state index >= 15 is 0 Å². The van der Waals surface area contributed by atoms with Gasteiger partial charge in [-0.1, -0.05) is 20.8 Å². The van der Waals surface area contributed by atoms with Gasteiger partial charge in [0.05, 0.1) is 6.10 Å². The van der Waals surface area contributed by atoms with E-state index in [4.69, 9.17) is 0 Å². The number of aliphatic hydroxyl groups is 1. The molecule has 0 aromatic heterocycles. The number of hydrogen-bond donors (Lipinski definition) is 1. The number of aliphatic hydroxyl groups excluding tert-OH is 1. The van der Waals surface area contributed by atoms with E-state index < -0.39 is 0 Å². The van der Waals surface area contributed by atoms with E-state index in [1.807, 2.05) is 13.8 Å². The van der Waals surface area contributed by atoms with Crippen LogP contribution in [0.3, 0.4) is 0 Å². The maximum Gasteiger partial charge on any atom is 0.0653 e. The van der Waals surface area contributed by atoms with Crippen LogP contribution in [0, 0.1) is 5.92 Å². The third-order valence-electron chi connectivity index (χ3n) is 1.26. The summed E-state index contributed by atoms with van der Waals surface area (Å²) in [4.78, 5) is 0. The highest BCUT2D eigenvalue weighted by molar-refractivity contribution is 7.99. The van der Waals surface area contributed by atoms with Crippen molar-refractivity contribution in [3.63, 3.8) is 0 Å². The summed E-state index contributed by atoms with van der Waals surface area (Å²) >= 11 is 1.79. The van der Waals surface area contributed by atoms with Crippen LogP contribution >= 0.6 is 11.8 Å². The van der Waals surface area contributed by atoms with Gasteiger partial charge in [-0.3, -0.25) is 0 Å². The molecule has 0 rings (SSSR count). The van der Waals surface area contributed by atoms with Crippen LogP contribution in [0.5, 0.6) is 0 Å². The lowest BCUT2D eigenvalue weighted by atomic mass is 10.1. The quantitative estimate of drug-likeness (QED) is 0.655. The second-order valence-corrected chi connectivity index (χ2v) is 3.79. The summed E-state index contributed by atoms with van der Waals surface area (Å²) < 4.78 is 0. The van der Waals surface area contributed by atoms with Gasteiger partial charge < -0.3 is 5.11 Å². The Labute approximate surface area is 61.8 Å². The third kappa shape index (κ3) is 4.79. The molecule has 0 saturated carbocycles. The van der Waals surface area contributed by atoms with E-state index in [9.17, 15) is 5.11 Å². The molecule has 0 radical (unpaired) electrons. The Morgan fingerprint density at radius 3 is 2.33 bits per heavy atom. The lowest BCUT2D eigenvalue weighted by molar-refractivity contribution is 0.149. The van der Waals surface area contributed by atoms with Gasteiger partial charge in [-0.2, -0.15) is 11.8 Å². The second-order valence-electron chi connectivity index (χ2n) is 2.47. The minimum Gasteiger partial charge on any atom is -0.392 e. The van der Waals surface area contributed by atoms with Crippen LogP contribution in [0.15, 0.2) is 0 Å². The van der Waals surface area contributed by atoms with Crippen molar-refractivity contribution in [2.45, 2.75) is 26.9 Å². The molecule has 0 amide bonds. The minimum atomic E-state index is -0.116. The molecule has 2 heteroatoms. The topological polar surface area (TPSA) is 20.2 Å². The van der Waals surface area contributed by atoms with Crippen molar-refractivity contribution in [3.05, 3.63) is 0 Å². The fourth-order valence-electron chi connectivity index (χ4n) is 0.431. The molecule has 0 fully saturated rings. The van der Waals surface area contributed by atoms with E-state index in [-0.39, 0.29) is 6.10 Å². The van der Waals surface area contributed by atoms with Crippen molar-refractivity contribution in [1.82, 2.24) is 0 Å². The Balaban J connectivity index is 3.16. The number of thioether (sulfide) groups is 1. The van der Waals surface area contributed by atoms with Gasteiger partial charge in [0.1, 0.15) is 0 Å². The largest absolute Gasteiger partial charge is 0.392 e. The van der Waals surface area contributed by atoms with Gasteiger partial charge in [0, 0.05) is 5.75 Å². The fraction of sp³-hybridized carbons (Fsp3) is 1.00. The summed E-state index contributed by atoms with van der Waals surface area (Å²) in [5.74, 6) is 2.39. The smallest absolute Gasteiger partial charge is 0.0653 e. The molecule has 0 bridgehead atoms. The summed E-state index contributed by atoms with van der Waals surface area (Å²) in [6.07, 6.45) is -0.116. The van der Waals surface area contributed by atoms with Crippen molar-refractivity contribution in [2.75, 3.05) is 11.5 Å². The zero-order valence-corrected chi connectivity index (χ0v) is 7.24. The molecule has 1 N–H and O–H groups in total. The monoisotopic (exact) mass is 148 g/mol. The standard InChI is InChI=1S/C7H16OS/c1-4-9-5-7(8)6(2)3/h6-8H,4-5H2,1-3H3. The van der Waals surface area contributed by atoms with E-state index in [0.29, 0.717) is 5.92 Å². The maximum atomic E-state index is 9.24. The number of hydrogen-bond acceptors (Lipinski definition) is 2. The van der Waals surface area contributed by atoms with Crippen LogP contribution in [-0.2, 0) is 0 Å². The summed E-state index contributed by atoms with van der Waals surface area (Å²) in [5.41, 5.74) is 0. The minimum absolute atomic E-state index is 0.116. The first-order valence-electron chi connectivity index (χ1n) is 3.44. The molecule has 1 nitrogen and oxygen atoms in total. The van der Waals surface area contributed by atoms with Crippen molar-refractivity contribution in [1.29, 1.82) is 0 Å². The highest BCUT2D eigenvalue weighted by atomic mass is 32.2. The fourth-order valence-corrected chi connectivity index (χ4v) is 1.29. The Bertz CT molecular complexity index is 63.9. The van der Waals surface area contributed by atoms with Crippen LogP contribution in [0.4, 0.5) is 0 Å². The average Bonchev–Trinajstić information content (AvgIpc) is 1.82. The average molecular weight is 148 g/mol. The molecule has 0 aliphatic rings. The van der Waals surface area contributed by atoms with Crippen molar-refractivity contribution >= 4 is 11.8 Å². The highest BCUT2D eigenvalue weighted by Crippen LogP contribution is 2.08. The first kappa shape index (κ1) is 9.31. The lowest BCUT2D eigenvalue weighted by Crippen LogP contribution is -2.17. The van der Waals surface area contributed by atoms with Crippen LogP contribution in [0.2, 0.25) is 0 Å². The van der Waals surface area contributed by atoms with Crippen molar-refractivity contribution < 1.29 is 5.11 Å². The van der Waals surface area contributed by atoms with Gasteiger partial charge in [0.15, 0.2) is 0 Å². The SMILES string of the molecule is CCSCC(O)C(C)C. The lowest BCUT2D eigenvalue weighted by Gasteiger charge is -2.12. The Morgan fingerprint density at radius 2 is 2.00 bits per heavy atom. The molecule has 0 heterocycles. The zero-order chi connectivity index (χ0) is 7.28. The van der Waals surface area contributed by atoms with Gasteiger partial charge >= 0.3 is 0 Å². The van der Waals surface area contributed by atoms with Crippen LogP contribution in [-0.4, -0.2) is 22.7 Å². The predicted molar refractivity (Wildman–Crippen MR) is 43.8 cm³/mol. The molecule has 1 atom stereocenters. The van der Waals surface area contributed by atoms with E-state index in [1.54, 1.807) is 11.8 Å². The molecule has 56 valence electrons. The van der Waals surface area contributed by atoms with Crippen LogP contribution in [0.1, 0.15) is 20.8 Å². The Kier molecular flexibility index (Phi) is 5.30. The van der Waals surface area contributed by atoms with Crippen molar-refractivity contribution in [2.24, 2.45) is 5.92 Å². The van der Waals surface area contributed by atoms with E-state index in [2.05, 4.69) is 6.92 Å². The van der Waals surface area contributed by atoms with Crippen molar-refractivity contribution in [3.8, 4) is 0 Å². The molecule has 0 aliphatic heterocycles. The zero-order valence-electron chi connectivity index (χ0n) is 6.42. The molecule has 0 aromatic carbocycles. The molecular weight excluding hydrogens is 132 g/mol. The number of rotatable bonds is 4. The Morgan fingerprint density at radius 1 is 1.44 bits per heavy atom. The van der Waals surface area contributed by atoms with E-state index in [0.717, 1.165) is 11.5 Å². The van der Waals surface area contributed by atoms with Crippen LogP contribution in [0.25, 0.3) is 0 Å². The van der Waals surface area contributed by atoms with Gasteiger partial charge in [-0.15, -0.1) is 0 Å². The molecule has 0 spiro atoms. The van der Waals surface area contributed by atoms with Crippen LogP contribution < -0.4 is 0 Å². The maximum absolute atomic E-state index is 9.24. The van der Waals surface area contributed by atoms with Gasteiger partial charge in [0.2, 0.25) is 0 Å².